The number of amides is 1. The van der Waals surface area contributed by atoms with Gasteiger partial charge in [0.1, 0.15) is 4.88 Å². The minimum atomic E-state index is -3.55. The first-order chi connectivity index (χ1) is 13.6. The molecule has 1 aliphatic heterocycles. The lowest BCUT2D eigenvalue weighted by Crippen LogP contribution is -2.50. The van der Waals surface area contributed by atoms with Gasteiger partial charge >= 0.3 is 0 Å². The van der Waals surface area contributed by atoms with Crippen LogP contribution in [0.4, 0.5) is 0 Å². The fourth-order valence-electron chi connectivity index (χ4n) is 3.31. The normalized spacial score (nSPS) is 16.0. The molecule has 1 aromatic heterocycles. The predicted molar refractivity (Wildman–Crippen MR) is 116 cm³/mol. The summed E-state index contributed by atoms with van der Waals surface area (Å²) in [7, 11) is -3.55. The third-order valence-electron chi connectivity index (χ3n) is 5.21. The van der Waals surface area contributed by atoms with Crippen LogP contribution >= 0.6 is 11.3 Å². The maximum absolute atomic E-state index is 13.0. The molecule has 6 nitrogen and oxygen atoms in total. The zero-order valence-corrected chi connectivity index (χ0v) is 19.3. The van der Waals surface area contributed by atoms with Crippen molar-refractivity contribution in [1.29, 1.82) is 0 Å². The summed E-state index contributed by atoms with van der Waals surface area (Å²) in [5.74, 6) is 0.585. The Labute approximate surface area is 177 Å². The molecule has 29 heavy (non-hydrogen) atoms. The molecule has 158 valence electrons. The van der Waals surface area contributed by atoms with Crippen molar-refractivity contribution < 1.29 is 13.2 Å². The van der Waals surface area contributed by atoms with Crippen molar-refractivity contribution >= 4 is 27.3 Å². The molecule has 8 heteroatoms. The van der Waals surface area contributed by atoms with Gasteiger partial charge in [-0.1, -0.05) is 39.8 Å². The molecule has 2 heterocycles. The number of nitrogens with zero attached hydrogens (tertiary/aromatic N) is 3. The molecule has 1 aliphatic rings. The summed E-state index contributed by atoms with van der Waals surface area (Å²) >= 11 is 1.44. The van der Waals surface area contributed by atoms with E-state index in [2.05, 4.69) is 32.7 Å². The molecular weight excluding hydrogens is 406 g/mol. The summed E-state index contributed by atoms with van der Waals surface area (Å²) in [6, 6.07) is 7.10. The Morgan fingerprint density at radius 1 is 1.00 bits per heavy atom. The molecule has 3 rings (SSSR count). The molecule has 1 fully saturated rings. The Morgan fingerprint density at radius 3 is 2.07 bits per heavy atom. The SMILES string of the molecule is Cc1nc(C(C)C)sc1C(=O)N1CCN(S(=O)(=O)c2ccc(C(C)C)cc2)CC1. The average molecular weight is 436 g/mol. The van der Waals surface area contributed by atoms with Crippen LogP contribution in [0.25, 0.3) is 0 Å². The van der Waals surface area contributed by atoms with Crippen LogP contribution in [-0.4, -0.2) is 54.7 Å². The maximum Gasteiger partial charge on any atom is 0.265 e. The number of benzene rings is 1. The van der Waals surface area contributed by atoms with Gasteiger partial charge in [-0.15, -0.1) is 11.3 Å². The van der Waals surface area contributed by atoms with Crippen LogP contribution in [0.3, 0.4) is 0 Å². The highest BCUT2D eigenvalue weighted by Gasteiger charge is 2.31. The molecule has 2 aromatic rings. The molecule has 0 atom stereocenters. The van der Waals surface area contributed by atoms with Gasteiger partial charge in [-0.3, -0.25) is 4.79 Å². The highest BCUT2D eigenvalue weighted by Crippen LogP contribution is 2.27. The first-order valence-electron chi connectivity index (χ1n) is 9.98. The Morgan fingerprint density at radius 2 is 1.59 bits per heavy atom. The number of sulfonamides is 1. The minimum absolute atomic E-state index is 0.0507. The van der Waals surface area contributed by atoms with Gasteiger partial charge in [0.05, 0.1) is 15.6 Å². The maximum atomic E-state index is 13.0. The number of aryl methyl sites for hydroxylation is 1. The van der Waals surface area contributed by atoms with E-state index in [0.29, 0.717) is 41.9 Å². The first kappa shape index (κ1) is 21.9. The molecule has 0 saturated carbocycles. The number of carbonyl (C=O) groups is 1. The quantitative estimate of drug-likeness (QED) is 0.715. The van der Waals surface area contributed by atoms with Crippen molar-refractivity contribution in [2.75, 3.05) is 26.2 Å². The number of thiazole rings is 1. The number of aromatic nitrogens is 1. The highest BCUT2D eigenvalue weighted by atomic mass is 32.2. The smallest absolute Gasteiger partial charge is 0.265 e. The topological polar surface area (TPSA) is 70.6 Å². The van der Waals surface area contributed by atoms with Crippen LogP contribution in [0.1, 0.15) is 65.5 Å². The Kier molecular flexibility index (Phi) is 6.45. The van der Waals surface area contributed by atoms with E-state index in [1.165, 1.54) is 15.6 Å². The van der Waals surface area contributed by atoms with Gasteiger partial charge in [-0.2, -0.15) is 4.31 Å². The monoisotopic (exact) mass is 435 g/mol. The Balaban J connectivity index is 1.68. The zero-order valence-electron chi connectivity index (χ0n) is 17.7. The second-order valence-corrected chi connectivity index (χ2v) is 11.0. The third kappa shape index (κ3) is 4.54. The van der Waals surface area contributed by atoms with Gasteiger partial charge in [0.2, 0.25) is 10.0 Å². The average Bonchev–Trinajstić information content (AvgIpc) is 3.09. The number of rotatable bonds is 5. The van der Waals surface area contributed by atoms with Crippen molar-refractivity contribution in [2.45, 2.75) is 51.3 Å². The number of piperazine rings is 1. The molecule has 1 aromatic carbocycles. The van der Waals surface area contributed by atoms with E-state index in [-0.39, 0.29) is 11.8 Å². The molecule has 1 saturated heterocycles. The van der Waals surface area contributed by atoms with Crippen LogP contribution in [0.15, 0.2) is 29.2 Å². The third-order valence-corrected chi connectivity index (χ3v) is 8.57. The van der Waals surface area contributed by atoms with E-state index in [4.69, 9.17) is 0 Å². The number of carbonyl (C=O) groups excluding carboxylic acids is 1. The van der Waals surface area contributed by atoms with Gasteiger partial charge in [0.15, 0.2) is 0 Å². The summed E-state index contributed by atoms with van der Waals surface area (Å²) < 4.78 is 27.4. The lowest BCUT2D eigenvalue weighted by molar-refractivity contribution is 0.0702. The molecule has 0 N–H and O–H groups in total. The Hall–Kier alpha value is -1.77. The molecule has 0 aliphatic carbocycles. The van der Waals surface area contributed by atoms with E-state index in [1.54, 1.807) is 17.0 Å². The summed E-state index contributed by atoms with van der Waals surface area (Å²) in [6.45, 7) is 11.5. The van der Waals surface area contributed by atoms with E-state index in [1.807, 2.05) is 19.1 Å². The second kappa shape index (κ2) is 8.53. The molecule has 0 spiro atoms. The number of hydrogen-bond donors (Lipinski definition) is 0. The summed E-state index contributed by atoms with van der Waals surface area (Å²) in [5.41, 5.74) is 1.86. The lowest BCUT2D eigenvalue weighted by Gasteiger charge is -2.33. The minimum Gasteiger partial charge on any atom is -0.335 e. The van der Waals surface area contributed by atoms with Gasteiger partial charge in [-0.25, -0.2) is 13.4 Å². The standard InChI is InChI=1S/C21H29N3O3S2/c1-14(2)17-6-8-18(9-7-17)29(26,27)24-12-10-23(11-13-24)21(25)19-16(5)22-20(28-19)15(3)4/h6-9,14-15H,10-13H2,1-5H3. The molecule has 0 radical (unpaired) electrons. The zero-order chi connectivity index (χ0) is 21.3. The van der Waals surface area contributed by atoms with Crippen LogP contribution in [0.5, 0.6) is 0 Å². The van der Waals surface area contributed by atoms with Crippen molar-refractivity contribution in [1.82, 2.24) is 14.2 Å². The summed E-state index contributed by atoms with van der Waals surface area (Å²) in [6.07, 6.45) is 0. The van der Waals surface area contributed by atoms with Crippen LogP contribution in [-0.2, 0) is 10.0 Å². The molecule has 0 bridgehead atoms. The van der Waals surface area contributed by atoms with Crippen molar-refractivity contribution in [3.8, 4) is 0 Å². The van der Waals surface area contributed by atoms with Crippen LogP contribution in [0, 0.1) is 6.92 Å². The fourth-order valence-corrected chi connectivity index (χ4v) is 5.77. The van der Waals surface area contributed by atoms with Gasteiger partial charge in [-0.05, 0) is 30.5 Å². The van der Waals surface area contributed by atoms with Gasteiger partial charge < -0.3 is 4.90 Å². The molecule has 0 unspecified atom stereocenters. The molecule has 1 amide bonds. The van der Waals surface area contributed by atoms with Crippen molar-refractivity contribution in [2.24, 2.45) is 0 Å². The summed E-state index contributed by atoms with van der Waals surface area (Å²) in [5, 5.41) is 0.955. The van der Waals surface area contributed by atoms with E-state index >= 15 is 0 Å². The first-order valence-corrected chi connectivity index (χ1v) is 12.2. The highest BCUT2D eigenvalue weighted by molar-refractivity contribution is 7.89. The van der Waals surface area contributed by atoms with Gasteiger partial charge in [0, 0.05) is 32.1 Å². The number of hydrogen-bond acceptors (Lipinski definition) is 5. The fraction of sp³-hybridized carbons (Fsp3) is 0.524. The largest absolute Gasteiger partial charge is 0.335 e. The van der Waals surface area contributed by atoms with Crippen LogP contribution in [0.2, 0.25) is 0 Å². The van der Waals surface area contributed by atoms with E-state index in [9.17, 15) is 13.2 Å². The van der Waals surface area contributed by atoms with Crippen molar-refractivity contribution in [3.05, 3.63) is 45.4 Å². The van der Waals surface area contributed by atoms with E-state index < -0.39 is 10.0 Å². The second-order valence-electron chi connectivity index (χ2n) is 8.04. The van der Waals surface area contributed by atoms with Crippen molar-refractivity contribution in [3.63, 3.8) is 0 Å². The Bertz CT molecular complexity index is 971. The van der Waals surface area contributed by atoms with Gasteiger partial charge in [0.25, 0.3) is 5.91 Å². The molecular formula is C21H29N3O3S2. The van der Waals surface area contributed by atoms with Crippen LogP contribution < -0.4 is 0 Å². The summed E-state index contributed by atoms with van der Waals surface area (Å²) in [4.78, 5) is 20.1. The predicted octanol–water partition coefficient (Wildman–Crippen LogP) is 3.85. The lowest BCUT2D eigenvalue weighted by atomic mass is 10.0. The van der Waals surface area contributed by atoms with E-state index in [0.717, 1.165) is 16.3 Å².